The van der Waals surface area contributed by atoms with Crippen molar-refractivity contribution in [2.24, 2.45) is 0 Å². The lowest BCUT2D eigenvalue weighted by atomic mass is 10.00. The fourth-order valence-corrected chi connectivity index (χ4v) is 6.58. The van der Waals surface area contributed by atoms with Gasteiger partial charge in [0.1, 0.15) is 5.82 Å². The highest BCUT2D eigenvalue weighted by Crippen LogP contribution is 2.39. The Labute approximate surface area is 241 Å². The van der Waals surface area contributed by atoms with Gasteiger partial charge in [0.15, 0.2) is 0 Å². The van der Waals surface area contributed by atoms with Crippen molar-refractivity contribution in [3.05, 3.63) is 146 Å². The fraction of sp³-hybridized carbons (Fsp3) is 0. The zero-order valence-corrected chi connectivity index (χ0v) is 22.6. The highest BCUT2D eigenvalue weighted by Gasteiger charge is 2.20. The summed E-state index contributed by atoms with van der Waals surface area (Å²) >= 11 is 0. The summed E-state index contributed by atoms with van der Waals surface area (Å²) in [6.07, 6.45) is 3.82. The first-order valence-electron chi connectivity index (χ1n) is 14.2. The molecule has 0 unspecified atom stereocenters. The second-order valence-electron chi connectivity index (χ2n) is 10.7. The lowest BCUT2D eigenvalue weighted by Gasteiger charge is -2.14. The monoisotopic (exact) mass is 536 g/mol. The summed E-state index contributed by atoms with van der Waals surface area (Å²) in [6, 6.07) is 47.3. The minimum absolute atomic E-state index is 0.931. The van der Waals surface area contributed by atoms with E-state index < -0.39 is 0 Å². The number of rotatable bonds is 3. The van der Waals surface area contributed by atoms with Gasteiger partial charge in [-0.2, -0.15) is 0 Å². The van der Waals surface area contributed by atoms with E-state index in [1.165, 1.54) is 32.4 Å². The van der Waals surface area contributed by atoms with Gasteiger partial charge >= 0.3 is 0 Å². The largest absolute Gasteiger partial charge is 0.308 e. The topological polar surface area (TPSA) is 35.6 Å². The average molecular weight is 537 g/mol. The quantitative estimate of drug-likeness (QED) is 0.211. The molecule has 0 fully saturated rings. The van der Waals surface area contributed by atoms with Crippen molar-refractivity contribution in [3.8, 4) is 22.8 Å². The summed E-state index contributed by atoms with van der Waals surface area (Å²) in [7, 11) is 0. The Morgan fingerprint density at radius 1 is 0.429 bits per heavy atom. The summed E-state index contributed by atoms with van der Waals surface area (Å²) < 4.78 is 4.63. The van der Waals surface area contributed by atoms with E-state index in [4.69, 9.17) is 4.98 Å². The third-order valence-corrected chi connectivity index (χ3v) is 8.41. The van der Waals surface area contributed by atoms with Crippen LogP contribution >= 0.6 is 0 Å². The van der Waals surface area contributed by atoms with Crippen LogP contribution in [0, 0.1) is 0 Å². The Hall–Kier alpha value is -5.74. The van der Waals surface area contributed by atoms with E-state index in [0.29, 0.717) is 0 Å². The van der Waals surface area contributed by atoms with Crippen molar-refractivity contribution in [2.75, 3.05) is 0 Å². The number of hydrogen-bond acceptors (Lipinski definition) is 2. The molecule has 0 radical (unpaired) electrons. The molecule has 4 nitrogen and oxygen atoms in total. The van der Waals surface area contributed by atoms with Crippen LogP contribution in [0.15, 0.2) is 146 Å². The molecule has 0 aliphatic rings. The van der Waals surface area contributed by atoms with Gasteiger partial charge in [-0.15, -0.1) is 0 Å². The second kappa shape index (κ2) is 8.88. The Morgan fingerprint density at radius 2 is 1.00 bits per heavy atom. The number of nitrogens with zero attached hydrogens (tertiary/aromatic N) is 4. The maximum Gasteiger partial charge on any atom is 0.145 e. The third-order valence-electron chi connectivity index (χ3n) is 8.41. The summed E-state index contributed by atoms with van der Waals surface area (Å²) in [4.78, 5) is 9.79. The maximum absolute atomic E-state index is 5.34. The average Bonchev–Trinajstić information content (AvgIpc) is 3.63. The standard InChI is InChI=1S/C38H24N4/c1-2-10-25(11-3-1)38-40-36-32-15-6-4-12-28(32)29-13-5-7-16-33(29)37(36)42(38)27-20-18-26(19-21-27)41-34-17-9-8-14-30(34)31-22-23-39-24-35(31)41/h1-24H. The second-order valence-corrected chi connectivity index (χ2v) is 10.7. The minimum Gasteiger partial charge on any atom is -0.308 e. The molecule has 0 bridgehead atoms. The number of para-hydroxylation sites is 1. The summed E-state index contributed by atoms with van der Waals surface area (Å²) in [6.45, 7) is 0. The molecular weight excluding hydrogens is 512 g/mol. The van der Waals surface area contributed by atoms with E-state index in [1.807, 2.05) is 12.4 Å². The molecule has 42 heavy (non-hydrogen) atoms. The van der Waals surface area contributed by atoms with Gasteiger partial charge in [-0.3, -0.25) is 9.55 Å². The minimum atomic E-state index is 0.931. The van der Waals surface area contributed by atoms with Crippen LogP contribution in [0.25, 0.3) is 77.1 Å². The molecule has 9 aromatic rings. The molecule has 9 rings (SSSR count). The molecule has 0 aliphatic heterocycles. The van der Waals surface area contributed by atoms with Crippen LogP contribution in [0.1, 0.15) is 0 Å². The maximum atomic E-state index is 5.34. The number of benzene rings is 6. The molecule has 0 spiro atoms. The van der Waals surface area contributed by atoms with Crippen LogP contribution < -0.4 is 0 Å². The molecule has 0 amide bonds. The molecule has 0 saturated carbocycles. The van der Waals surface area contributed by atoms with Crippen molar-refractivity contribution < 1.29 is 0 Å². The van der Waals surface area contributed by atoms with Gasteiger partial charge in [-0.1, -0.05) is 97.1 Å². The Balaban J connectivity index is 1.35. The van der Waals surface area contributed by atoms with Crippen molar-refractivity contribution in [1.29, 1.82) is 0 Å². The molecule has 4 heteroatoms. The van der Waals surface area contributed by atoms with E-state index in [1.54, 1.807) is 0 Å². The van der Waals surface area contributed by atoms with Gasteiger partial charge in [-0.25, -0.2) is 4.98 Å². The normalized spacial score (nSPS) is 11.8. The molecule has 0 saturated heterocycles. The Morgan fingerprint density at radius 3 is 1.76 bits per heavy atom. The Bertz CT molecular complexity index is 2400. The van der Waals surface area contributed by atoms with Crippen LogP contribution in [0.4, 0.5) is 0 Å². The van der Waals surface area contributed by atoms with Crippen molar-refractivity contribution in [3.63, 3.8) is 0 Å². The first kappa shape index (κ1) is 23.0. The van der Waals surface area contributed by atoms with E-state index in [2.05, 4.69) is 148 Å². The van der Waals surface area contributed by atoms with Gasteiger partial charge in [-0.05, 0) is 47.2 Å². The fourth-order valence-electron chi connectivity index (χ4n) is 6.58. The molecule has 0 aliphatic carbocycles. The number of fused-ring (bicyclic) bond motifs is 9. The first-order chi connectivity index (χ1) is 20.9. The molecule has 0 N–H and O–H groups in total. The van der Waals surface area contributed by atoms with Gasteiger partial charge in [0.25, 0.3) is 0 Å². The van der Waals surface area contributed by atoms with Crippen LogP contribution in [0.3, 0.4) is 0 Å². The number of pyridine rings is 1. The van der Waals surface area contributed by atoms with Gasteiger partial charge in [0, 0.05) is 44.7 Å². The Kier molecular flexibility index (Phi) is 4.87. The van der Waals surface area contributed by atoms with Crippen LogP contribution in [-0.4, -0.2) is 19.1 Å². The lowest BCUT2D eigenvalue weighted by molar-refractivity contribution is 1.09. The first-order valence-corrected chi connectivity index (χ1v) is 14.2. The molecule has 0 atom stereocenters. The lowest BCUT2D eigenvalue weighted by Crippen LogP contribution is -2.00. The van der Waals surface area contributed by atoms with Gasteiger partial charge < -0.3 is 4.57 Å². The smallest absolute Gasteiger partial charge is 0.145 e. The highest BCUT2D eigenvalue weighted by molar-refractivity contribution is 6.24. The zero-order valence-electron chi connectivity index (χ0n) is 22.6. The van der Waals surface area contributed by atoms with Crippen molar-refractivity contribution in [2.45, 2.75) is 0 Å². The molecule has 196 valence electrons. The number of hydrogen-bond donors (Lipinski definition) is 0. The third kappa shape index (κ3) is 3.23. The summed E-state index contributed by atoms with van der Waals surface area (Å²) in [5.41, 5.74) is 7.65. The predicted octanol–water partition coefficient (Wildman–Crippen LogP) is 9.49. The van der Waals surface area contributed by atoms with Crippen LogP contribution in [0.2, 0.25) is 0 Å². The molecular formula is C38H24N4. The summed E-state index contributed by atoms with van der Waals surface area (Å²) in [5.74, 6) is 0.931. The molecule has 3 aromatic heterocycles. The van der Waals surface area contributed by atoms with E-state index in [9.17, 15) is 0 Å². The SMILES string of the molecule is c1ccc(-c2nc3c4ccccc4c4ccccc4c3n2-c2ccc(-n3c4ccccc4c4ccncc43)cc2)cc1. The molecule has 3 heterocycles. The molecule has 6 aromatic carbocycles. The van der Waals surface area contributed by atoms with E-state index >= 15 is 0 Å². The highest BCUT2D eigenvalue weighted by atomic mass is 15.1. The zero-order chi connectivity index (χ0) is 27.6. The summed E-state index contributed by atoms with van der Waals surface area (Å²) in [5, 5.41) is 7.24. The van der Waals surface area contributed by atoms with Gasteiger partial charge in [0.2, 0.25) is 0 Å². The van der Waals surface area contributed by atoms with E-state index in [-0.39, 0.29) is 0 Å². The van der Waals surface area contributed by atoms with Crippen molar-refractivity contribution >= 4 is 54.4 Å². The van der Waals surface area contributed by atoms with Crippen LogP contribution in [-0.2, 0) is 0 Å². The predicted molar refractivity (Wildman–Crippen MR) is 174 cm³/mol. The number of imidazole rings is 1. The number of aromatic nitrogens is 4. The van der Waals surface area contributed by atoms with Crippen molar-refractivity contribution in [1.82, 2.24) is 19.1 Å². The van der Waals surface area contributed by atoms with Gasteiger partial charge in [0.05, 0.1) is 28.3 Å². The van der Waals surface area contributed by atoms with Crippen LogP contribution in [0.5, 0.6) is 0 Å². The van der Waals surface area contributed by atoms with E-state index in [0.717, 1.165) is 44.7 Å².